The minimum atomic E-state index is -0.997. The predicted molar refractivity (Wildman–Crippen MR) is 136 cm³/mol. The lowest BCUT2D eigenvalue weighted by molar-refractivity contribution is -0.126. The van der Waals surface area contributed by atoms with Crippen molar-refractivity contribution in [2.45, 2.75) is 19.1 Å². The van der Waals surface area contributed by atoms with E-state index >= 15 is 0 Å². The predicted octanol–water partition coefficient (Wildman–Crippen LogP) is 4.16. The van der Waals surface area contributed by atoms with Gasteiger partial charge in [-0.2, -0.15) is 0 Å². The van der Waals surface area contributed by atoms with E-state index in [4.69, 9.17) is 23.8 Å². The molecule has 3 atom stereocenters. The van der Waals surface area contributed by atoms with E-state index in [9.17, 15) is 9.59 Å². The summed E-state index contributed by atoms with van der Waals surface area (Å²) in [5.41, 5.74) is 1.86. The molecule has 0 bridgehead atoms. The normalized spacial score (nSPS) is 20.7. The van der Waals surface area contributed by atoms with Crippen molar-refractivity contribution in [1.82, 2.24) is 0 Å². The van der Waals surface area contributed by atoms with Gasteiger partial charge in [-0.25, -0.2) is 9.96 Å². The summed E-state index contributed by atoms with van der Waals surface area (Å²) in [6.07, 6.45) is -0.997. The molecule has 0 N–H and O–H groups in total. The minimum absolute atomic E-state index is 0.351. The molecule has 2 aliphatic heterocycles. The van der Waals surface area contributed by atoms with Crippen molar-refractivity contribution in [3.05, 3.63) is 72.3 Å². The average molecular weight is 505 g/mol. The molecule has 0 unspecified atom stereocenters. The van der Waals surface area contributed by atoms with Crippen LogP contribution in [0.3, 0.4) is 0 Å². The number of hydroxylamine groups is 1. The zero-order chi connectivity index (χ0) is 26.1. The van der Waals surface area contributed by atoms with Gasteiger partial charge in [-0.3, -0.25) is 14.4 Å². The van der Waals surface area contributed by atoms with E-state index in [0.29, 0.717) is 46.5 Å². The molecular weight excluding hydrogens is 476 g/mol. The van der Waals surface area contributed by atoms with Crippen molar-refractivity contribution in [1.29, 1.82) is 0 Å². The second kappa shape index (κ2) is 10.0. The summed E-state index contributed by atoms with van der Waals surface area (Å²) >= 11 is 0. The molecule has 0 aliphatic carbocycles. The average Bonchev–Trinajstić information content (AvgIpc) is 3.44. The fourth-order valence-corrected chi connectivity index (χ4v) is 4.94. The maximum absolute atomic E-state index is 13.9. The first-order valence-corrected chi connectivity index (χ1v) is 11.9. The maximum atomic E-state index is 13.9. The molecule has 2 aliphatic rings. The van der Waals surface area contributed by atoms with E-state index in [0.717, 1.165) is 0 Å². The summed E-state index contributed by atoms with van der Waals surface area (Å²) in [7, 11) is 4.59. The summed E-state index contributed by atoms with van der Waals surface area (Å²) in [6.45, 7) is 2.41. The van der Waals surface area contributed by atoms with Crippen LogP contribution in [0.5, 0.6) is 23.0 Å². The van der Waals surface area contributed by atoms with E-state index in [2.05, 4.69) is 0 Å². The van der Waals surface area contributed by atoms with Crippen molar-refractivity contribution < 1.29 is 33.4 Å². The molecule has 9 nitrogen and oxygen atoms in total. The Morgan fingerprint density at radius 2 is 1.46 bits per heavy atom. The van der Waals surface area contributed by atoms with E-state index in [1.54, 1.807) is 41.5 Å². The van der Waals surface area contributed by atoms with Gasteiger partial charge in [0.05, 0.1) is 45.4 Å². The second-order valence-electron chi connectivity index (χ2n) is 8.56. The number of carbonyl (C=O) groups is 2. The highest BCUT2D eigenvalue weighted by Gasteiger charge is 2.60. The molecule has 2 heterocycles. The van der Waals surface area contributed by atoms with E-state index in [-0.39, 0.29) is 5.91 Å². The number of anilines is 2. The number of imide groups is 1. The van der Waals surface area contributed by atoms with Crippen LogP contribution in [0.4, 0.5) is 11.4 Å². The fourth-order valence-electron chi connectivity index (χ4n) is 4.94. The number of carbonyl (C=O) groups excluding carboxylic acids is 2. The number of para-hydroxylation sites is 1. The maximum Gasteiger partial charge on any atom is 0.266 e. The van der Waals surface area contributed by atoms with Crippen molar-refractivity contribution in [2.24, 2.45) is 5.92 Å². The number of fused-ring (bicyclic) bond motifs is 1. The Hall–Kier alpha value is -4.24. The van der Waals surface area contributed by atoms with Crippen molar-refractivity contribution in [3.8, 4) is 23.0 Å². The highest BCUT2D eigenvalue weighted by Crippen LogP contribution is 2.50. The van der Waals surface area contributed by atoms with Gasteiger partial charge in [0.1, 0.15) is 11.7 Å². The van der Waals surface area contributed by atoms with Gasteiger partial charge in [0.2, 0.25) is 11.7 Å². The first-order chi connectivity index (χ1) is 18.0. The van der Waals surface area contributed by atoms with Crippen LogP contribution in [0.25, 0.3) is 0 Å². The van der Waals surface area contributed by atoms with Crippen LogP contribution in [0, 0.1) is 5.92 Å². The molecule has 2 saturated heterocycles. The van der Waals surface area contributed by atoms with Gasteiger partial charge in [0.25, 0.3) is 5.91 Å². The van der Waals surface area contributed by atoms with Crippen LogP contribution in [-0.2, 0) is 14.4 Å². The summed E-state index contributed by atoms with van der Waals surface area (Å²) in [5.74, 6) is 0.392. The lowest BCUT2D eigenvalue weighted by atomic mass is 9.90. The number of amides is 2. The number of hydrogen-bond acceptors (Lipinski definition) is 8. The fraction of sp³-hybridized carbons (Fsp3) is 0.286. The smallest absolute Gasteiger partial charge is 0.266 e. The Morgan fingerprint density at radius 1 is 0.811 bits per heavy atom. The molecule has 3 aromatic rings. The zero-order valence-electron chi connectivity index (χ0n) is 21.0. The van der Waals surface area contributed by atoms with E-state index in [1.807, 2.05) is 37.3 Å². The standard InChI is InChI=1S/C28H28N2O7/c1-5-36-20-13-11-18(12-14-20)29-27(31)23-24(17-15-21(33-2)25(35-4)22(16-17)34-3)30(37-26(23)28(29)32)19-9-7-6-8-10-19/h6-16,23-24,26H,5H2,1-4H3/t23-,24+,26+/m1/s1. The number of nitrogens with zero attached hydrogens (tertiary/aromatic N) is 2. The minimum Gasteiger partial charge on any atom is -0.494 e. The quantitative estimate of drug-likeness (QED) is 0.423. The van der Waals surface area contributed by atoms with Crippen LogP contribution in [0.1, 0.15) is 18.5 Å². The summed E-state index contributed by atoms with van der Waals surface area (Å²) in [4.78, 5) is 34.9. The topological polar surface area (TPSA) is 86.8 Å². The first-order valence-electron chi connectivity index (χ1n) is 11.9. The van der Waals surface area contributed by atoms with Gasteiger partial charge in [-0.15, -0.1) is 0 Å². The summed E-state index contributed by atoms with van der Waals surface area (Å²) in [6, 6.07) is 19.2. The SMILES string of the molecule is CCOc1ccc(N2C(=O)[C@H]3[C@H](ON(c4ccccc4)[C@H]3c3cc(OC)c(OC)c(OC)c3)C2=O)cc1. The Labute approximate surface area is 215 Å². The molecule has 2 fully saturated rings. The molecule has 192 valence electrons. The van der Waals surface area contributed by atoms with Gasteiger partial charge in [0.15, 0.2) is 17.6 Å². The van der Waals surface area contributed by atoms with Gasteiger partial charge >= 0.3 is 0 Å². The Kier molecular flexibility index (Phi) is 6.62. The van der Waals surface area contributed by atoms with Gasteiger partial charge in [-0.1, -0.05) is 18.2 Å². The van der Waals surface area contributed by atoms with Crippen LogP contribution in [0.15, 0.2) is 66.7 Å². The third kappa shape index (κ3) is 4.11. The summed E-state index contributed by atoms with van der Waals surface area (Å²) in [5, 5.41) is 1.63. The molecule has 5 rings (SSSR count). The first kappa shape index (κ1) is 24.5. The number of rotatable bonds is 8. The van der Waals surface area contributed by atoms with E-state index in [1.165, 1.54) is 26.2 Å². The lowest BCUT2D eigenvalue weighted by Crippen LogP contribution is -2.37. The van der Waals surface area contributed by atoms with E-state index < -0.39 is 24.0 Å². The number of methoxy groups -OCH3 is 3. The Balaban J connectivity index is 1.59. The third-order valence-electron chi connectivity index (χ3n) is 6.56. The second-order valence-corrected chi connectivity index (χ2v) is 8.56. The highest BCUT2D eigenvalue weighted by molar-refractivity contribution is 6.24. The molecule has 0 radical (unpaired) electrons. The number of benzene rings is 3. The Bertz CT molecular complexity index is 1270. The molecular formula is C28H28N2O7. The molecule has 0 aromatic heterocycles. The molecule has 2 amide bonds. The molecule has 0 spiro atoms. The van der Waals surface area contributed by atoms with Crippen molar-refractivity contribution in [2.75, 3.05) is 37.9 Å². The monoisotopic (exact) mass is 504 g/mol. The van der Waals surface area contributed by atoms with Gasteiger partial charge in [-0.05, 0) is 61.0 Å². The summed E-state index contributed by atoms with van der Waals surface area (Å²) < 4.78 is 22.1. The Morgan fingerprint density at radius 3 is 2.03 bits per heavy atom. The third-order valence-corrected chi connectivity index (χ3v) is 6.56. The van der Waals surface area contributed by atoms with Crippen LogP contribution in [-0.4, -0.2) is 45.9 Å². The molecule has 0 saturated carbocycles. The molecule has 3 aromatic carbocycles. The van der Waals surface area contributed by atoms with Crippen LogP contribution < -0.4 is 28.9 Å². The van der Waals surface area contributed by atoms with Gasteiger partial charge < -0.3 is 18.9 Å². The van der Waals surface area contributed by atoms with Crippen LogP contribution in [0.2, 0.25) is 0 Å². The van der Waals surface area contributed by atoms with Crippen molar-refractivity contribution >= 4 is 23.2 Å². The lowest BCUT2D eigenvalue weighted by Gasteiger charge is -2.29. The van der Waals surface area contributed by atoms with Gasteiger partial charge in [0, 0.05) is 0 Å². The molecule has 9 heteroatoms. The van der Waals surface area contributed by atoms with Crippen molar-refractivity contribution in [3.63, 3.8) is 0 Å². The zero-order valence-corrected chi connectivity index (χ0v) is 21.0. The largest absolute Gasteiger partial charge is 0.494 e. The van der Waals surface area contributed by atoms with Crippen LogP contribution >= 0.6 is 0 Å². The highest BCUT2D eigenvalue weighted by atomic mass is 16.7. The number of ether oxygens (including phenoxy) is 4. The molecule has 37 heavy (non-hydrogen) atoms. The number of hydrogen-bond donors (Lipinski definition) is 0.